The second kappa shape index (κ2) is 37.9. The number of benzene rings is 6. The highest BCUT2D eigenvalue weighted by atomic mass is 16.5. The Morgan fingerprint density at radius 1 is 0.369 bits per heavy atom. The molecule has 3 aliphatic heterocycles. The fraction of sp³-hybridized carbons (Fsp3) is 0.368. The number of carbonyl (C=O) groups is 3. The van der Waals surface area contributed by atoms with Crippen LogP contribution in [-0.2, 0) is 14.4 Å². The Morgan fingerprint density at radius 2 is 0.672 bits per heavy atom. The van der Waals surface area contributed by atoms with Gasteiger partial charge in [0.15, 0.2) is 16.9 Å². The Labute approximate surface area is 710 Å². The van der Waals surface area contributed by atoms with Crippen LogP contribution in [0.5, 0.6) is 34.5 Å². The Hall–Kier alpha value is -12.7. The minimum absolute atomic E-state index is 0.00163. The number of fused-ring (bicyclic) bond motifs is 3. The average Bonchev–Trinajstić information content (AvgIpc) is 1.62. The summed E-state index contributed by atoms with van der Waals surface area (Å²) in [6, 6.07) is 55.3. The quantitative estimate of drug-likeness (QED) is 0.0367. The Balaban J connectivity index is 0.000000130. The van der Waals surface area contributed by atoms with Crippen molar-refractivity contribution in [2.24, 2.45) is 0 Å². The number of ether oxygens (including phenoxy) is 3. The van der Waals surface area contributed by atoms with Crippen LogP contribution in [0.2, 0.25) is 0 Å². The molecule has 4 saturated carbocycles. The summed E-state index contributed by atoms with van der Waals surface area (Å²) in [4.78, 5) is 79.1. The molecule has 0 unspecified atom stereocenters. The molecule has 4 aliphatic carbocycles. The molecule has 27 nitrogen and oxygen atoms in total. The number of hydrogen-bond acceptors (Lipinski definition) is 21. The number of piperidine rings is 2. The van der Waals surface area contributed by atoms with E-state index in [1.807, 2.05) is 205 Å². The number of nitrogens with two attached hydrogens (primary N) is 3. The molecule has 3 saturated heterocycles. The van der Waals surface area contributed by atoms with Crippen LogP contribution in [0.4, 0.5) is 17.5 Å². The van der Waals surface area contributed by atoms with Crippen molar-refractivity contribution >= 4 is 68.3 Å². The van der Waals surface area contributed by atoms with Gasteiger partial charge in [0.1, 0.15) is 88.0 Å². The molecular weight excluding hydrogens is 1530 g/mol. The molecule has 122 heavy (non-hydrogen) atoms. The van der Waals surface area contributed by atoms with Crippen LogP contribution < -0.4 is 31.4 Å². The van der Waals surface area contributed by atoms with Crippen molar-refractivity contribution in [1.82, 2.24) is 88.6 Å². The van der Waals surface area contributed by atoms with Crippen LogP contribution in [0.1, 0.15) is 128 Å². The van der Waals surface area contributed by atoms with Crippen molar-refractivity contribution in [3.63, 3.8) is 0 Å². The van der Waals surface area contributed by atoms with Gasteiger partial charge in [-0.1, -0.05) is 86.7 Å². The van der Waals surface area contributed by atoms with Crippen molar-refractivity contribution in [1.29, 1.82) is 0 Å². The van der Waals surface area contributed by atoms with Gasteiger partial charge in [-0.3, -0.25) is 29.1 Å². The van der Waals surface area contributed by atoms with Gasteiger partial charge in [0.25, 0.3) is 0 Å². The number of aromatic nitrogens is 12. The highest BCUT2D eigenvalue weighted by Crippen LogP contribution is 2.42. The van der Waals surface area contributed by atoms with Gasteiger partial charge in [-0.05, 0) is 219 Å². The van der Waals surface area contributed by atoms with Crippen molar-refractivity contribution in [2.75, 3.05) is 89.2 Å². The minimum Gasteiger partial charge on any atom is -0.457 e. The molecule has 0 radical (unpaired) electrons. The third-order valence-electron chi connectivity index (χ3n) is 23.8. The summed E-state index contributed by atoms with van der Waals surface area (Å²) in [5.74, 6) is 5.88. The van der Waals surface area contributed by atoms with Crippen LogP contribution in [0.3, 0.4) is 0 Å². The number of rotatable bonds is 29. The third kappa shape index (κ3) is 19.7. The lowest BCUT2D eigenvalue weighted by Crippen LogP contribution is -2.40. The predicted molar refractivity (Wildman–Crippen MR) is 475 cm³/mol. The van der Waals surface area contributed by atoms with Crippen LogP contribution in [0.25, 0.3) is 66.9 Å². The normalized spacial score (nSPS) is 18.1. The second-order valence-corrected chi connectivity index (χ2v) is 32.8. The number of nitrogen functional groups attached to an aromatic ring is 3. The van der Waals surface area contributed by atoms with E-state index in [0.717, 1.165) is 187 Å². The monoisotopic (exact) mass is 1640 g/mol. The predicted octanol–water partition coefficient (Wildman–Crippen LogP) is 15.7. The summed E-state index contributed by atoms with van der Waals surface area (Å²) in [5.41, 5.74) is 26.0. The van der Waals surface area contributed by atoms with Gasteiger partial charge in [0.2, 0.25) is 17.7 Å². The van der Waals surface area contributed by atoms with Crippen molar-refractivity contribution in [2.45, 2.75) is 152 Å². The lowest BCUT2D eigenvalue weighted by Gasteiger charge is -2.32. The first-order chi connectivity index (χ1) is 59.8. The van der Waals surface area contributed by atoms with Gasteiger partial charge < -0.3 is 46.1 Å². The number of para-hydroxylation sites is 3. The first-order valence-electron chi connectivity index (χ1n) is 43.4. The van der Waals surface area contributed by atoms with Crippen LogP contribution in [0.15, 0.2) is 219 Å². The lowest BCUT2D eigenvalue weighted by atomic mass is 10.1. The summed E-state index contributed by atoms with van der Waals surface area (Å²) >= 11 is 0. The van der Waals surface area contributed by atoms with Gasteiger partial charge in [0.05, 0.1) is 34.3 Å². The highest BCUT2D eigenvalue weighted by Gasteiger charge is 2.39. The smallest absolute Gasteiger partial charge is 0.246 e. The van der Waals surface area contributed by atoms with Gasteiger partial charge in [-0.25, -0.2) is 43.9 Å². The first kappa shape index (κ1) is 81.6. The fourth-order valence-electron chi connectivity index (χ4n) is 17.0. The van der Waals surface area contributed by atoms with E-state index in [9.17, 15) is 14.4 Å². The third-order valence-corrected chi connectivity index (χ3v) is 23.8. The van der Waals surface area contributed by atoms with E-state index < -0.39 is 0 Å². The number of anilines is 3. The standard InChI is InChI=1S/C32H35N7O2.C32H37N7O2.C31H35N7O2/c33-31-29-30(22-10-16-27(17-11-22)41-26-7-2-1-3-8-26)36-39(32(29)35-21-34-31)25-6-4-18-37(20-25)28(40)9-5-19-38(23-12-13-23)24-14-15-24;1-2-18-37(24-14-15-24)19-7-11-28(40)38-20-6-8-25(21-38)39-32-29(31(33)34-22-35-32)30(36-39)23-12-16-27(17-13-23)41-26-9-4-3-5-10-26;1-2-17-36(23-12-13-23)18-6-9-27(39)37-19-16-24(20-37)38-31-28(30(32)33-21-34-31)29(35-38)22-10-14-26(15-11-22)40-25-7-4-3-5-8-25/h1-3,5,7-11,16-17,21,23-25H,4,6,12-15,18-20H2,(H2,33,34,35);3-5,7,9-13,16-17,22,24-25H,2,6,8,14-15,18-21H2,1H3,(H2,33,34,35);3-11,14-15,21,23-24H,2,12-13,16-20H2,1H3,(H2,32,33,34)/b9-5+;11-7+;9-6+/t2*25-;24-/m111/s1. The molecule has 6 aromatic heterocycles. The van der Waals surface area contributed by atoms with Gasteiger partial charge in [-0.2, -0.15) is 15.3 Å². The lowest BCUT2D eigenvalue weighted by molar-refractivity contribution is -0.128. The van der Waals surface area contributed by atoms with E-state index in [-0.39, 0.29) is 35.8 Å². The summed E-state index contributed by atoms with van der Waals surface area (Å²) in [7, 11) is 0. The number of hydrogen-bond donors (Lipinski definition) is 3. The zero-order valence-electron chi connectivity index (χ0n) is 69.4. The molecule has 7 aliphatic rings. The van der Waals surface area contributed by atoms with E-state index in [4.69, 9.17) is 46.7 Å². The second-order valence-electron chi connectivity index (χ2n) is 32.8. The largest absolute Gasteiger partial charge is 0.457 e. The van der Waals surface area contributed by atoms with Gasteiger partial charge in [0, 0.05) is 118 Å². The molecule has 6 N–H and O–H groups in total. The van der Waals surface area contributed by atoms with Crippen molar-refractivity contribution in [3.05, 3.63) is 219 Å². The zero-order valence-corrected chi connectivity index (χ0v) is 69.4. The maximum Gasteiger partial charge on any atom is 0.246 e. The molecule has 0 bridgehead atoms. The van der Waals surface area contributed by atoms with E-state index >= 15 is 0 Å². The summed E-state index contributed by atoms with van der Waals surface area (Å²) in [5, 5.41) is 17.2. The molecule has 19 rings (SSSR count). The molecule has 628 valence electrons. The summed E-state index contributed by atoms with van der Waals surface area (Å²) in [6.45, 7) is 13.0. The Morgan fingerprint density at radius 3 is 0.992 bits per heavy atom. The highest BCUT2D eigenvalue weighted by molar-refractivity contribution is 6.01. The maximum atomic E-state index is 13.2. The molecule has 3 amide bonds. The fourth-order valence-corrected chi connectivity index (χ4v) is 17.0. The maximum absolute atomic E-state index is 13.2. The zero-order chi connectivity index (χ0) is 83.4. The Kier molecular flexibility index (Phi) is 25.4. The van der Waals surface area contributed by atoms with E-state index in [1.165, 1.54) is 70.3 Å². The molecule has 0 spiro atoms. The number of nitrogens with zero attached hydrogens (tertiary/aromatic N) is 18. The summed E-state index contributed by atoms with van der Waals surface area (Å²) < 4.78 is 23.7. The molecule has 9 heterocycles. The molecule has 6 aromatic carbocycles. The number of amides is 3. The molecule has 3 atom stereocenters. The Bertz CT molecular complexity index is 5660. The van der Waals surface area contributed by atoms with Crippen molar-refractivity contribution < 1.29 is 28.6 Å². The van der Waals surface area contributed by atoms with Gasteiger partial charge in [-0.15, -0.1) is 0 Å². The van der Waals surface area contributed by atoms with E-state index in [1.54, 1.807) is 18.2 Å². The number of carbonyl (C=O) groups excluding carboxylic acids is 3. The van der Waals surface area contributed by atoms with Crippen LogP contribution >= 0.6 is 0 Å². The SMILES string of the molecule is CCCN(C/C=C/C(=O)N1CCC[C@@H](n2nc(-c3ccc(Oc4ccccc4)cc3)c3c(N)ncnc32)C1)C1CC1.CCCN(C/C=C/C(=O)N1CC[C@@H](n2nc(-c3ccc(Oc4ccccc4)cc3)c3c(N)ncnc32)C1)C1CC1.Nc1ncnc2c1c(-c1ccc(Oc3ccccc3)cc1)nn2[C@@H]1CCCN(C(=O)/C=C/CN(C2CC2)C2CC2)C1. The van der Waals surface area contributed by atoms with Crippen LogP contribution in [0, 0.1) is 0 Å². The van der Waals surface area contributed by atoms with Crippen molar-refractivity contribution in [3.8, 4) is 68.3 Å². The molecular formula is C95H107N21O6. The molecule has 27 heteroatoms. The number of likely N-dealkylation sites (tertiary alicyclic amines) is 3. The van der Waals surface area contributed by atoms with Crippen LogP contribution in [-0.4, -0.2) is 203 Å². The minimum atomic E-state index is -0.00427. The average molecular weight is 1640 g/mol. The van der Waals surface area contributed by atoms with E-state index in [0.29, 0.717) is 72.7 Å². The topological polar surface area (TPSA) is 307 Å². The van der Waals surface area contributed by atoms with E-state index in [2.05, 4.69) is 64.5 Å². The molecule has 7 fully saturated rings. The summed E-state index contributed by atoms with van der Waals surface area (Å²) in [6.07, 6.45) is 32.8. The first-order valence-corrected chi connectivity index (χ1v) is 43.4. The van der Waals surface area contributed by atoms with Gasteiger partial charge >= 0.3 is 0 Å². The molecule has 12 aromatic rings.